The summed E-state index contributed by atoms with van der Waals surface area (Å²) < 4.78 is 12.1. The van der Waals surface area contributed by atoms with E-state index >= 15 is 0 Å². The Morgan fingerprint density at radius 2 is 1.61 bits per heavy atom. The van der Waals surface area contributed by atoms with Crippen molar-refractivity contribution in [3.05, 3.63) is 103 Å². The van der Waals surface area contributed by atoms with Gasteiger partial charge in [-0.25, -0.2) is 4.98 Å². The van der Waals surface area contributed by atoms with Gasteiger partial charge in [-0.2, -0.15) is 5.10 Å². The van der Waals surface area contributed by atoms with E-state index in [0.29, 0.717) is 51.5 Å². The van der Waals surface area contributed by atoms with Gasteiger partial charge in [-0.15, -0.1) is 0 Å². The number of carbonyl (C=O) groups is 1. The van der Waals surface area contributed by atoms with Crippen LogP contribution in [0, 0.1) is 0 Å². The highest BCUT2D eigenvalue weighted by Gasteiger charge is 2.24. The number of ether oxygens (including phenoxy) is 2. The van der Waals surface area contributed by atoms with Crippen LogP contribution in [0.2, 0.25) is 0 Å². The van der Waals surface area contributed by atoms with E-state index in [0.717, 1.165) is 12.3 Å². The monoisotopic (exact) mass is 546 g/mol. The second-order valence-corrected chi connectivity index (χ2v) is 9.83. The van der Waals surface area contributed by atoms with Crippen LogP contribution in [-0.2, 0) is 4.79 Å². The lowest BCUT2D eigenvalue weighted by Gasteiger charge is -2.13. The molecule has 1 aliphatic carbocycles. The van der Waals surface area contributed by atoms with Gasteiger partial charge in [0.15, 0.2) is 11.5 Å². The van der Waals surface area contributed by atoms with Crippen molar-refractivity contribution in [2.24, 2.45) is 0 Å². The number of para-hydroxylation sites is 3. The zero-order chi connectivity index (χ0) is 28.0. The fraction of sp³-hybridized carbons (Fsp3) is 0.156. The van der Waals surface area contributed by atoms with Gasteiger partial charge in [-0.3, -0.25) is 14.8 Å². The Kier molecular flexibility index (Phi) is 7.59. The molecule has 0 radical (unpaired) electrons. The second kappa shape index (κ2) is 11.9. The summed E-state index contributed by atoms with van der Waals surface area (Å²) in [4.78, 5) is 19.3. The summed E-state index contributed by atoms with van der Waals surface area (Å²) in [7, 11) is 2.08. The van der Waals surface area contributed by atoms with Gasteiger partial charge in [-0.05, 0) is 68.4 Å². The number of benzene rings is 3. The summed E-state index contributed by atoms with van der Waals surface area (Å²) in [6, 6.07) is 26.9. The first-order chi connectivity index (χ1) is 20.1. The smallest absolute Gasteiger partial charge is 0.248 e. The molecule has 0 aliphatic heterocycles. The molecular formula is C32H30N6O3. The van der Waals surface area contributed by atoms with Gasteiger partial charge in [0, 0.05) is 30.9 Å². The first-order valence-corrected chi connectivity index (χ1v) is 13.5. The molecular weight excluding hydrogens is 516 g/mol. The van der Waals surface area contributed by atoms with Gasteiger partial charge >= 0.3 is 0 Å². The number of hydrogen-bond donors (Lipinski definition) is 3. The van der Waals surface area contributed by atoms with Crippen molar-refractivity contribution in [3.8, 4) is 23.0 Å². The number of fused-ring (bicyclic) bond motifs is 1. The number of carbonyl (C=O) groups excluding carboxylic acids is 1. The van der Waals surface area contributed by atoms with E-state index in [1.165, 1.54) is 12.8 Å². The van der Waals surface area contributed by atoms with Crippen LogP contribution in [0.1, 0.15) is 12.8 Å². The van der Waals surface area contributed by atoms with Crippen LogP contribution >= 0.6 is 0 Å². The highest BCUT2D eigenvalue weighted by atomic mass is 16.5. The molecule has 2 aromatic heterocycles. The summed E-state index contributed by atoms with van der Waals surface area (Å²) >= 11 is 0. The van der Waals surface area contributed by atoms with Gasteiger partial charge < -0.3 is 20.1 Å². The average Bonchev–Trinajstić information content (AvgIpc) is 3.77. The number of pyridine rings is 1. The van der Waals surface area contributed by atoms with Gasteiger partial charge in [0.2, 0.25) is 5.91 Å². The van der Waals surface area contributed by atoms with Crippen molar-refractivity contribution in [1.82, 2.24) is 20.1 Å². The Hall–Kier alpha value is -5.15. The fourth-order valence-corrected chi connectivity index (χ4v) is 4.42. The Morgan fingerprint density at radius 3 is 2.37 bits per heavy atom. The van der Waals surface area contributed by atoms with Gasteiger partial charge in [0.05, 0.1) is 11.4 Å². The number of anilines is 3. The maximum atomic E-state index is 12.6. The van der Waals surface area contributed by atoms with Crippen LogP contribution in [-0.4, -0.2) is 45.6 Å². The number of aromatic amines is 1. The molecule has 1 fully saturated rings. The van der Waals surface area contributed by atoms with Crippen molar-refractivity contribution in [2.75, 3.05) is 24.2 Å². The van der Waals surface area contributed by atoms with Gasteiger partial charge in [0.25, 0.3) is 0 Å². The number of likely N-dealkylation sites (N-methyl/N-ethyl adjacent to an activating group) is 1. The Morgan fingerprint density at radius 1 is 0.927 bits per heavy atom. The van der Waals surface area contributed by atoms with Crippen LogP contribution < -0.4 is 20.1 Å². The molecule has 0 saturated heterocycles. The van der Waals surface area contributed by atoms with E-state index < -0.39 is 0 Å². The molecule has 6 rings (SSSR count). The van der Waals surface area contributed by atoms with Crippen LogP contribution in [0.3, 0.4) is 0 Å². The molecule has 1 amide bonds. The zero-order valence-electron chi connectivity index (χ0n) is 22.6. The Balaban J connectivity index is 1.17. The third-order valence-corrected chi connectivity index (χ3v) is 6.72. The SMILES string of the molecule is CN(C/C=C/C(=O)Nc1ccccc1Nc1n[nH]c2nccc(Oc3ccc(Oc4ccccc4)cc3)c12)C1CC1. The lowest BCUT2D eigenvalue weighted by atomic mass is 10.2. The average molecular weight is 547 g/mol. The third-order valence-electron chi connectivity index (χ3n) is 6.72. The lowest BCUT2D eigenvalue weighted by Crippen LogP contribution is -2.20. The number of H-pyrrole nitrogens is 1. The van der Waals surface area contributed by atoms with Crippen LogP contribution in [0.4, 0.5) is 17.2 Å². The fourth-order valence-electron chi connectivity index (χ4n) is 4.42. The highest BCUT2D eigenvalue weighted by molar-refractivity contribution is 6.02. The van der Waals surface area contributed by atoms with Crippen molar-refractivity contribution in [1.29, 1.82) is 0 Å². The van der Waals surface area contributed by atoms with E-state index in [9.17, 15) is 4.79 Å². The Labute approximate surface area is 237 Å². The van der Waals surface area contributed by atoms with Crippen molar-refractivity contribution in [3.63, 3.8) is 0 Å². The molecule has 0 atom stereocenters. The molecule has 1 saturated carbocycles. The molecule has 3 aromatic carbocycles. The van der Waals surface area contributed by atoms with E-state index in [-0.39, 0.29) is 5.91 Å². The summed E-state index contributed by atoms with van der Waals surface area (Å²) in [6.45, 7) is 0.746. The molecule has 9 nitrogen and oxygen atoms in total. The Bertz CT molecular complexity index is 1660. The van der Waals surface area contributed by atoms with Gasteiger partial charge in [0.1, 0.15) is 28.4 Å². The number of aromatic nitrogens is 3. The molecule has 41 heavy (non-hydrogen) atoms. The first-order valence-electron chi connectivity index (χ1n) is 13.5. The molecule has 2 heterocycles. The second-order valence-electron chi connectivity index (χ2n) is 9.83. The molecule has 5 aromatic rings. The van der Waals surface area contributed by atoms with Gasteiger partial charge in [-0.1, -0.05) is 36.4 Å². The van der Waals surface area contributed by atoms with E-state index in [2.05, 4.69) is 37.8 Å². The number of nitrogens with zero attached hydrogens (tertiary/aromatic N) is 3. The molecule has 1 aliphatic rings. The minimum absolute atomic E-state index is 0.194. The number of nitrogens with one attached hydrogen (secondary N) is 3. The van der Waals surface area contributed by atoms with E-state index in [1.807, 2.05) is 84.9 Å². The largest absolute Gasteiger partial charge is 0.457 e. The molecule has 0 unspecified atom stereocenters. The normalized spacial score (nSPS) is 13.0. The molecule has 0 spiro atoms. The summed E-state index contributed by atoms with van der Waals surface area (Å²) in [6.07, 6.45) is 7.59. The predicted octanol–water partition coefficient (Wildman–Crippen LogP) is 6.88. The lowest BCUT2D eigenvalue weighted by molar-refractivity contribution is -0.111. The quantitative estimate of drug-likeness (QED) is 0.155. The number of rotatable bonds is 11. The van der Waals surface area contributed by atoms with Crippen molar-refractivity contribution >= 4 is 34.1 Å². The summed E-state index contributed by atoms with van der Waals surface area (Å²) in [5.41, 5.74) is 1.89. The van der Waals surface area contributed by atoms with Crippen LogP contribution in [0.15, 0.2) is 103 Å². The van der Waals surface area contributed by atoms with Crippen LogP contribution in [0.5, 0.6) is 23.0 Å². The summed E-state index contributed by atoms with van der Waals surface area (Å²) in [5, 5.41) is 14.4. The van der Waals surface area contributed by atoms with E-state index in [1.54, 1.807) is 18.3 Å². The molecule has 206 valence electrons. The predicted molar refractivity (Wildman–Crippen MR) is 160 cm³/mol. The van der Waals surface area contributed by atoms with E-state index in [4.69, 9.17) is 9.47 Å². The maximum Gasteiger partial charge on any atom is 0.248 e. The number of hydrogen-bond acceptors (Lipinski definition) is 7. The highest BCUT2D eigenvalue weighted by Crippen LogP contribution is 2.36. The molecule has 0 bridgehead atoms. The molecule has 3 N–H and O–H groups in total. The summed E-state index contributed by atoms with van der Waals surface area (Å²) in [5.74, 6) is 3.01. The van der Waals surface area contributed by atoms with Crippen LogP contribution in [0.25, 0.3) is 11.0 Å². The first kappa shape index (κ1) is 26.1. The van der Waals surface area contributed by atoms with Crippen molar-refractivity contribution < 1.29 is 14.3 Å². The minimum atomic E-state index is -0.194. The maximum absolute atomic E-state index is 12.6. The number of amides is 1. The van der Waals surface area contributed by atoms with Crippen molar-refractivity contribution in [2.45, 2.75) is 18.9 Å². The molecule has 9 heteroatoms. The standard InChI is InChI=1S/C32H30N6O3/c1-38(22-13-14-22)21-7-12-29(39)34-26-10-5-6-11-27(26)35-32-30-28(19-20-33-31(30)36-37-32)41-25-17-15-24(16-18-25)40-23-8-3-2-4-9-23/h2-12,15-20,22H,13-14,21H2,1H3,(H,34,39)(H2,33,35,36,37)/b12-7+. The zero-order valence-corrected chi connectivity index (χ0v) is 22.6. The topological polar surface area (TPSA) is 104 Å². The minimum Gasteiger partial charge on any atom is -0.457 e. The third kappa shape index (κ3) is 6.54.